The Labute approximate surface area is 117 Å². The van der Waals surface area contributed by atoms with Crippen molar-refractivity contribution in [2.45, 2.75) is 44.4 Å². The Balaban J connectivity index is 2.11. The average molecular weight is 288 g/mol. The molecule has 2 aliphatic rings. The van der Waals surface area contributed by atoms with E-state index in [-0.39, 0.29) is 23.6 Å². The van der Waals surface area contributed by atoms with Gasteiger partial charge in [0.05, 0.1) is 17.6 Å². The van der Waals surface area contributed by atoms with Crippen LogP contribution in [0.2, 0.25) is 0 Å². The van der Waals surface area contributed by atoms with Crippen molar-refractivity contribution >= 4 is 23.8 Å². The Morgan fingerprint density at radius 1 is 1.21 bits per heavy atom. The molecule has 2 unspecified atom stereocenters. The van der Waals surface area contributed by atoms with E-state index in [2.05, 4.69) is 0 Å². The lowest BCUT2D eigenvalue weighted by atomic mass is 10.2. The maximum absolute atomic E-state index is 12.5. The summed E-state index contributed by atoms with van der Waals surface area (Å²) in [4.78, 5) is 26.9. The van der Waals surface area contributed by atoms with Crippen LogP contribution in [-0.4, -0.2) is 69.4 Å². The van der Waals surface area contributed by atoms with Crippen LogP contribution in [0.3, 0.4) is 0 Å². The standard InChI is InChI=1S/C12H20N2O4S/c1-7-4-13(5-8(2)18-7)12(17)14-9(3)19-6-10(14)11(15)16/h7-10H,4-6H2,1-3H3,(H,15,16)/t7-,8+,9?,10?. The molecule has 2 rings (SSSR count). The lowest BCUT2D eigenvalue weighted by molar-refractivity contribution is -0.141. The van der Waals surface area contributed by atoms with Crippen LogP contribution in [0.4, 0.5) is 4.79 Å². The normalized spacial score (nSPS) is 35.5. The van der Waals surface area contributed by atoms with Crippen molar-refractivity contribution in [2.24, 2.45) is 0 Å². The summed E-state index contributed by atoms with van der Waals surface area (Å²) in [5.74, 6) is -0.475. The minimum Gasteiger partial charge on any atom is -0.480 e. The van der Waals surface area contributed by atoms with Crippen LogP contribution in [0.25, 0.3) is 0 Å². The van der Waals surface area contributed by atoms with E-state index in [0.717, 1.165) is 0 Å². The van der Waals surface area contributed by atoms with Crippen molar-refractivity contribution < 1.29 is 19.4 Å². The molecule has 7 heteroatoms. The van der Waals surface area contributed by atoms with E-state index in [0.29, 0.717) is 18.8 Å². The first-order chi connectivity index (χ1) is 8.90. The number of carboxylic acids is 1. The molecule has 19 heavy (non-hydrogen) atoms. The van der Waals surface area contributed by atoms with Crippen LogP contribution in [0.5, 0.6) is 0 Å². The van der Waals surface area contributed by atoms with Gasteiger partial charge < -0.3 is 14.7 Å². The van der Waals surface area contributed by atoms with Crippen molar-refractivity contribution in [2.75, 3.05) is 18.8 Å². The van der Waals surface area contributed by atoms with Gasteiger partial charge in [-0.05, 0) is 20.8 Å². The molecular formula is C12H20N2O4S. The van der Waals surface area contributed by atoms with Gasteiger partial charge in [-0.25, -0.2) is 9.59 Å². The van der Waals surface area contributed by atoms with Crippen LogP contribution in [0.15, 0.2) is 0 Å². The molecule has 0 aromatic carbocycles. The molecule has 0 saturated carbocycles. The number of urea groups is 1. The predicted molar refractivity (Wildman–Crippen MR) is 72.2 cm³/mol. The van der Waals surface area contributed by atoms with E-state index in [1.807, 2.05) is 20.8 Å². The first-order valence-corrected chi connectivity index (χ1v) is 7.52. The predicted octanol–water partition coefficient (Wildman–Crippen LogP) is 1.06. The van der Waals surface area contributed by atoms with Crippen LogP contribution in [-0.2, 0) is 9.53 Å². The Bertz CT molecular complexity index is 369. The number of carbonyl (C=O) groups excluding carboxylic acids is 1. The van der Waals surface area contributed by atoms with E-state index in [1.54, 1.807) is 4.90 Å². The van der Waals surface area contributed by atoms with Gasteiger partial charge >= 0.3 is 12.0 Å². The average Bonchev–Trinajstić information content (AvgIpc) is 2.69. The van der Waals surface area contributed by atoms with E-state index >= 15 is 0 Å². The Hall–Kier alpha value is -0.950. The van der Waals surface area contributed by atoms with Crippen molar-refractivity contribution in [3.8, 4) is 0 Å². The minimum atomic E-state index is -0.931. The summed E-state index contributed by atoms with van der Waals surface area (Å²) in [5, 5.41) is 9.11. The summed E-state index contributed by atoms with van der Waals surface area (Å²) >= 11 is 1.50. The van der Waals surface area contributed by atoms with Crippen LogP contribution >= 0.6 is 11.8 Å². The fourth-order valence-electron chi connectivity index (χ4n) is 2.62. The highest BCUT2D eigenvalue weighted by molar-refractivity contribution is 8.00. The number of morpholine rings is 1. The largest absolute Gasteiger partial charge is 0.480 e. The van der Waals surface area contributed by atoms with Crippen LogP contribution in [0, 0.1) is 0 Å². The first-order valence-electron chi connectivity index (χ1n) is 6.47. The minimum absolute atomic E-state index is 0.0125. The van der Waals surface area contributed by atoms with Gasteiger partial charge in [-0.3, -0.25) is 4.90 Å². The number of aliphatic carboxylic acids is 1. The zero-order valence-corrected chi connectivity index (χ0v) is 12.2. The number of amides is 2. The molecule has 0 spiro atoms. The van der Waals surface area contributed by atoms with Gasteiger partial charge in [0, 0.05) is 18.8 Å². The third-order valence-electron chi connectivity index (χ3n) is 3.42. The Kier molecular flexibility index (Phi) is 4.25. The van der Waals surface area contributed by atoms with Crippen molar-refractivity contribution in [3.63, 3.8) is 0 Å². The quantitative estimate of drug-likeness (QED) is 0.781. The molecule has 4 atom stereocenters. The molecule has 2 heterocycles. The maximum atomic E-state index is 12.5. The third kappa shape index (κ3) is 2.97. The lowest BCUT2D eigenvalue weighted by Gasteiger charge is -2.39. The molecule has 0 bridgehead atoms. The summed E-state index contributed by atoms with van der Waals surface area (Å²) in [6.45, 7) is 6.76. The van der Waals surface area contributed by atoms with E-state index in [4.69, 9.17) is 4.74 Å². The highest BCUT2D eigenvalue weighted by Crippen LogP contribution is 2.30. The monoisotopic (exact) mass is 288 g/mol. The molecule has 6 nitrogen and oxygen atoms in total. The Morgan fingerprint density at radius 2 is 1.79 bits per heavy atom. The van der Waals surface area contributed by atoms with E-state index in [9.17, 15) is 14.7 Å². The SMILES string of the molecule is CC1SCC(C(=O)O)N1C(=O)N1C[C@@H](C)O[C@@H](C)C1. The number of carboxylic acid groups (broad SMARTS) is 1. The number of ether oxygens (including phenoxy) is 1. The second-order valence-electron chi connectivity index (χ2n) is 5.14. The highest BCUT2D eigenvalue weighted by atomic mass is 32.2. The van der Waals surface area contributed by atoms with Gasteiger partial charge in [0.15, 0.2) is 0 Å². The first kappa shape index (κ1) is 14.5. The number of thioether (sulfide) groups is 1. The van der Waals surface area contributed by atoms with Gasteiger partial charge in [-0.2, -0.15) is 0 Å². The number of hydrogen-bond donors (Lipinski definition) is 1. The Morgan fingerprint density at radius 3 is 2.32 bits per heavy atom. The smallest absolute Gasteiger partial charge is 0.327 e. The summed E-state index contributed by atoms with van der Waals surface area (Å²) in [5.41, 5.74) is 0. The summed E-state index contributed by atoms with van der Waals surface area (Å²) in [6, 6.07) is -0.909. The molecule has 0 radical (unpaired) electrons. The molecule has 2 amide bonds. The molecular weight excluding hydrogens is 268 g/mol. The number of hydrogen-bond acceptors (Lipinski definition) is 4. The van der Waals surface area contributed by atoms with Crippen LogP contribution < -0.4 is 0 Å². The fourth-order valence-corrected chi connectivity index (χ4v) is 3.78. The van der Waals surface area contributed by atoms with Crippen molar-refractivity contribution in [1.82, 2.24) is 9.80 Å². The topological polar surface area (TPSA) is 70.1 Å². The zero-order chi connectivity index (χ0) is 14.2. The highest BCUT2D eigenvalue weighted by Gasteiger charge is 2.42. The lowest BCUT2D eigenvalue weighted by Crippen LogP contribution is -2.56. The second-order valence-corrected chi connectivity index (χ2v) is 6.49. The second kappa shape index (κ2) is 5.58. The number of nitrogens with zero attached hydrogens (tertiary/aromatic N) is 2. The molecule has 2 saturated heterocycles. The van der Waals surface area contributed by atoms with Gasteiger partial charge in [0.25, 0.3) is 0 Å². The molecule has 2 aliphatic heterocycles. The molecule has 0 aliphatic carbocycles. The van der Waals surface area contributed by atoms with E-state index in [1.165, 1.54) is 16.7 Å². The summed E-state index contributed by atoms with van der Waals surface area (Å²) < 4.78 is 5.60. The fraction of sp³-hybridized carbons (Fsp3) is 0.833. The van der Waals surface area contributed by atoms with E-state index < -0.39 is 12.0 Å². The number of carbonyl (C=O) groups is 2. The van der Waals surface area contributed by atoms with Crippen molar-refractivity contribution in [1.29, 1.82) is 0 Å². The van der Waals surface area contributed by atoms with Gasteiger partial charge in [-0.1, -0.05) is 0 Å². The number of rotatable bonds is 1. The molecule has 0 aromatic heterocycles. The molecule has 2 fully saturated rings. The maximum Gasteiger partial charge on any atom is 0.327 e. The van der Waals surface area contributed by atoms with Crippen molar-refractivity contribution in [3.05, 3.63) is 0 Å². The van der Waals surface area contributed by atoms with Gasteiger partial charge in [0.1, 0.15) is 6.04 Å². The summed E-state index contributed by atoms with van der Waals surface area (Å²) in [7, 11) is 0. The zero-order valence-electron chi connectivity index (χ0n) is 11.4. The van der Waals surface area contributed by atoms with Gasteiger partial charge in [-0.15, -0.1) is 11.8 Å². The molecule has 0 aromatic rings. The summed E-state index contributed by atoms with van der Waals surface area (Å²) in [6.07, 6.45) is -0.0249. The van der Waals surface area contributed by atoms with Gasteiger partial charge in [0.2, 0.25) is 0 Å². The molecule has 108 valence electrons. The third-order valence-corrected chi connectivity index (χ3v) is 4.64. The molecule has 1 N–H and O–H groups in total. The van der Waals surface area contributed by atoms with Crippen LogP contribution in [0.1, 0.15) is 20.8 Å².